The van der Waals surface area contributed by atoms with Crippen LogP contribution in [0.5, 0.6) is 0 Å². The number of anilines is 1. The van der Waals surface area contributed by atoms with Crippen molar-refractivity contribution in [3.63, 3.8) is 0 Å². The summed E-state index contributed by atoms with van der Waals surface area (Å²) in [5.74, 6) is -0.218. The van der Waals surface area contributed by atoms with Crippen LogP contribution in [0, 0.1) is 0 Å². The molecule has 7 nitrogen and oxygen atoms in total. The minimum atomic E-state index is -3.62. The van der Waals surface area contributed by atoms with Gasteiger partial charge in [-0.2, -0.15) is 4.31 Å². The lowest BCUT2D eigenvalue weighted by molar-refractivity contribution is -0.115. The van der Waals surface area contributed by atoms with Crippen molar-refractivity contribution in [3.8, 4) is 0 Å². The fraction of sp³-hybridized carbons (Fsp3) is 0.348. The van der Waals surface area contributed by atoms with Crippen LogP contribution in [-0.2, 0) is 38.8 Å². The first-order valence-corrected chi connectivity index (χ1v) is 11.9. The maximum atomic E-state index is 12.9. The second-order valence-electron chi connectivity index (χ2n) is 8.00. The summed E-state index contributed by atoms with van der Waals surface area (Å²) in [7, 11) is -3.62. The molecule has 2 heterocycles. The summed E-state index contributed by atoms with van der Waals surface area (Å²) in [4.78, 5) is 12.9. The SMILES string of the molecule is O=C(Cc1coc2cc3c(cc12)CCC3)Nc1cccc(S(=O)(=O)N2CCOCC2)c1. The summed E-state index contributed by atoms with van der Waals surface area (Å²) in [6.07, 6.45) is 5.09. The van der Waals surface area contributed by atoms with E-state index in [4.69, 9.17) is 9.15 Å². The molecule has 1 aliphatic heterocycles. The van der Waals surface area contributed by atoms with E-state index in [-0.39, 0.29) is 17.2 Å². The minimum Gasteiger partial charge on any atom is -0.464 e. The van der Waals surface area contributed by atoms with E-state index < -0.39 is 10.0 Å². The van der Waals surface area contributed by atoms with Crippen LogP contribution >= 0.6 is 0 Å². The second-order valence-corrected chi connectivity index (χ2v) is 9.94. The van der Waals surface area contributed by atoms with Gasteiger partial charge in [-0.25, -0.2) is 8.42 Å². The molecule has 8 heteroatoms. The molecule has 0 saturated carbocycles. The zero-order chi connectivity index (χ0) is 21.4. The molecule has 1 N–H and O–H groups in total. The predicted molar refractivity (Wildman–Crippen MR) is 117 cm³/mol. The van der Waals surface area contributed by atoms with Gasteiger partial charge >= 0.3 is 0 Å². The van der Waals surface area contributed by atoms with Crippen molar-refractivity contribution in [2.24, 2.45) is 0 Å². The van der Waals surface area contributed by atoms with E-state index in [1.165, 1.54) is 21.5 Å². The quantitative estimate of drug-likeness (QED) is 0.659. The number of morpholine rings is 1. The maximum Gasteiger partial charge on any atom is 0.243 e. The Morgan fingerprint density at radius 2 is 1.84 bits per heavy atom. The molecular weight excluding hydrogens is 416 g/mol. The van der Waals surface area contributed by atoms with Crippen molar-refractivity contribution in [2.75, 3.05) is 31.6 Å². The smallest absolute Gasteiger partial charge is 0.243 e. The van der Waals surface area contributed by atoms with E-state index in [0.29, 0.717) is 32.0 Å². The molecule has 0 bridgehead atoms. The summed E-state index contributed by atoms with van der Waals surface area (Å²) in [6, 6.07) is 10.6. The number of rotatable bonds is 5. The van der Waals surface area contributed by atoms with Gasteiger partial charge in [-0.3, -0.25) is 4.79 Å². The summed E-state index contributed by atoms with van der Waals surface area (Å²) in [5, 5.41) is 3.80. The van der Waals surface area contributed by atoms with Gasteiger partial charge < -0.3 is 14.5 Å². The van der Waals surface area contributed by atoms with Crippen molar-refractivity contribution >= 4 is 32.6 Å². The van der Waals surface area contributed by atoms with E-state index in [1.54, 1.807) is 24.5 Å². The van der Waals surface area contributed by atoms with Crippen molar-refractivity contribution in [1.29, 1.82) is 0 Å². The number of benzene rings is 2. The first-order chi connectivity index (χ1) is 15.0. The average Bonchev–Trinajstić information content (AvgIpc) is 3.39. The largest absolute Gasteiger partial charge is 0.464 e. The Labute approximate surface area is 181 Å². The molecular formula is C23H24N2O5S. The fourth-order valence-electron chi connectivity index (χ4n) is 4.33. The Kier molecular flexibility index (Phi) is 5.29. The van der Waals surface area contributed by atoms with Gasteiger partial charge in [0.2, 0.25) is 15.9 Å². The van der Waals surface area contributed by atoms with Gasteiger partial charge in [-0.15, -0.1) is 0 Å². The highest BCUT2D eigenvalue weighted by Crippen LogP contribution is 2.30. The van der Waals surface area contributed by atoms with E-state index >= 15 is 0 Å². The average molecular weight is 441 g/mol. The highest BCUT2D eigenvalue weighted by atomic mass is 32.2. The van der Waals surface area contributed by atoms with E-state index in [1.807, 2.05) is 0 Å². The molecule has 1 fully saturated rings. The summed E-state index contributed by atoms with van der Waals surface area (Å²) < 4.78 is 38.1. The Morgan fingerprint density at radius 3 is 2.65 bits per heavy atom. The Morgan fingerprint density at radius 1 is 1.06 bits per heavy atom. The van der Waals surface area contributed by atoms with Crippen molar-refractivity contribution < 1.29 is 22.4 Å². The number of hydrogen-bond donors (Lipinski definition) is 1. The Bertz CT molecular complexity index is 1240. The second kappa shape index (κ2) is 8.11. The summed E-state index contributed by atoms with van der Waals surface area (Å²) in [5.41, 5.74) is 4.75. The lowest BCUT2D eigenvalue weighted by atomic mass is 10.0. The molecule has 2 aliphatic rings. The van der Waals surface area contributed by atoms with Crippen LogP contribution in [0.1, 0.15) is 23.1 Å². The maximum absolute atomic E-state index is 12.9. The molecule has 1 amide bonds. The van der Waals surface area contributed by atoms with Crippen LogP contribution < -0.4 is 5.32 Å². The Balaban J connectivity index is 1.32. The molecule has 0 radical (unpaired) electrons. The predicted octanol–water partition coefficient (Wildman–Crippen LogP) is 3.12. The first kappa shape index (κ1) is 20.2. The molecule has 5 rings (SSSR count). The third-order valence-corrected chi connectivity index (χ3v) is 7.84. The fourth-order valence-corrected chi connectivity index (χ4v) is 5.79. The zero-order valence-corrected chi connectivity index (χ0v) is 17.9. The third kappa shape index (κ3) is 3.98. The van der Waals surface area contributed by atoms with Gasteiger partial charge in [0.05, 0.1) is 30.8 Å². The van der Waals surface area contributed by atoms with Crippen LogP contribution in [0.15, 0.2) is 52.0 Å². The number of hydrogen-bond acceptors (Lipinski definition) is 5. The topological polar surface area (TPSA) is 88.8 Å². The molecule has 3 aromatic rings. The minimum absolute atomic E-state index is 0.159. The standard InChI is InChI=1S/C23H24N2O5S/c26-23(13-18-15-30-22-12-17-4-1-3-16(17)11-21(18)22)24-19-5-2-6-20(14-19)31(27,28)25-7-9-29-10-8-25/h2,5-6,11-12,14-15H,1,3-4,7-10,13H2,(H,24,26). The monoisotopic (exact) mass is 440 g/mol. The summed E-state index contributed by atoms with van der Waals surface area (Å²) in [6.45, 7) is 1.43. The number of furan rings is 1. The molecule has 1 saturated heterocycles. The van der Waals surface area contributed by atoms with Crippen LogP contribution in [-0.4, -0.2) is 44.9 Å². The van der Waals surface area contributed by atoms with Crippen LogP contribution in [0.2, 0.25) is 0 Å². The van der Waals surface area contributed by atoms with Gasteiger partial charge in [-0.05, 0) is 60.7 Å². The third-order valence-electron chi connectivity index (χ3n) is 5.94. The number of nitrogens with one attached hydrogen (secondary N) is 1. The van der Waals surface area contributed by atoms with Gasteiger partial charge in [-0.1, -0.05) is 6.07 Å². The van der Waals surface area contributed by atoms with E-state index in [0.717, 1.165) is 35.8 Å². The molecule has 0 spiro atoms. The van der Waals surface area contributed by atoms with Crippen LogP contribution in [0.4, 0.5) is 5.69 Å². The lowest BCUT2D eigenvalue weighted by Crippen LogP contribution is -2.40. The summed E-state index contributed by atoms with van der Waals surface area (Å²) >= 11 is 0. The number of sulfonamides is 1. The zero-order valence-electron chi connectivity index (χ0n) is 17.1. The van der Waals surface area contributed by atoms with Gasteiger partial charge in [0.25, 0.3) is 0 Å². The first-order valence-electron chi connectivity index (χ1n) is 10.5. The number of nitrogens with zero attached hydrogens (tertiary/aromatic N) is 1. The number of aryl methyl sites for hydroxylation is 2. The number of ether oxygens (including phenoxy) is 1. The van der Waals surface area contributed by atoms with Gasteiger partial charge in [0.1, 0.15) is 5.58 Å². The highest BCUT2D eigenvalue weighted by Gasteiger charge is 2.26. The molecule has 162 valence electrons. The molecule has 1 aliphatic carbocycles. The molecule has 0 unspecified atom stereocenters. The Hall–Kier alpha value is -2.68. The molecule has 1 aromatic heterocycles. The van der Waals surface area contributed by atoms with Crippen LogP contribution in [0.3, 0.4) is 0 Å². The molecule has 0 atom stereocenters. The van der Waals surface area contributed by atoms with E-state index in [9.17, 15) is 13.2 Å². The van der Waals surface area contributed by atoms with Crippen LogP contribution in [0.25, 0.3) is 11.0 Å². The van der Waals surface area contributed by atoms with Gasteiger partial charge in [0.15, 0.2) is 0 Å². The number of fused-ring (bicyclic) bond motifs is 2. The van der Waals surface area contributed by atoms with Gasteiger partial charge in [0, 0.05) is 29.7 Å². The van der Waals surface area contributed by atoms with Crippen molar-refractivity contribution in [2.45, 2.75) is 30.6 Å². The lowest BCUT2D eigenvalue weighted by Gasteiger charge is -2.26. The number of carbonyl (C=O) groups excluding carboxylic acids is 1. The number of carbonyl (C=O) groups is 1. The number of amides is 1. The molecule has 31 heavy (non-hydrogen) atoms. The van der Waals surface area contributed by atoms with Crippen molar-refractivity contribution in [1.82, 2.24) is 4.31 Å². The van der Waals surface area contributed by atoms with Crippen molar-refractivity contribution in [3.05, 3.63) is 59.4 Å². The highest BCUT2D eigenvalue weighted by molar-refractivity contribution is 7.89. The molecule has 2 aromatic carbocycles. The van der Waals surface area contributed by atoms with E-state index in [2.05, 4.69) is 17.4 Å². The normalized spacial score (nSPS) is 17.0.